The molecule has 2 nitrogen and oxygen atoms in total. The summed E-state index contributed by atoms with van der Waals surface area (Å²) in [6.07, 6.45) is 3.87. The van der Waals surface area contributed by atoms with Gasteiger partial charge in [-0.3, -0.25) is 0 Å². The maximum absolute atomic E-state index is 4.83. The average Bonchev–Trinajstić information content (AvgIpc) is 2.06. The van der Waals surface area contributed by atoms with E-state index < -0.39 is 0 Å². The van der Waals surface area contributed by atoms with Crippen LogP contribution in [0, 0.1) is 0 Å². The van der Waals surface area contributed by atoms with E-state index >= 15 is 0 Å². The maximum atomic E-state index is 4.83. The number of ether oxygens (including phenoxy) is 1. The van der Waals surface area contributed by atoms with Crippen molar-refractivity contribution in [2.24, 2.45) is 0 Å². The van der Waals surface area contributed by atoms with Crippen LogP contribution in [0.3, 0.4) is 0 Å². The van der Waals surface area contributed by atoms with Crippen molar-refractivity contribution in [3.8, 4) is 0 Å². The van der Waals surface area contributed by atoms with E-state index in [1.807, 2.05) is 26.0 Å². The summed E-state index contributed by atoms with van der Waals surface area (Å²) in [6.45, 7) is 15.0. The van der Waals surface area contributed by atoms with Crippen molar-refractivity contribution in [1.82, 2.24) is 0 Å². The van der Waals surface area contributed by atoms with E-state index in [9.17, 15) is 0 Å². The zero-order valence-corrected chi connectivity index (χ0v) is 11.4. The van der Waals surface area contributed by atoms with Gasteiger partial charge in [0.2, 0.25) is 0 Å². The molecule has 0 amide bonds. The Kier molecular flexibility index (Phi) is 18.4. The molecule has 0 bridgehead atoms. The number of hydrogen-bond donors (Lipinski definition) is 0. The molecule has 0 fully saturated rings. The van der Waals surface area contributed by atoms with Gasteiger partial charge in [-0.2, -0.15) is 0 Å². The van der Waals surface area contributed by atoms with Crippen molar-refractivity contribution >= 4 is 0 Å². The second-order valence-electron chi connectivity index (χ2n) is 3.66. The Balaban J connectivity index is -0.000000208. The van der Waals surface area contributed by atoms with Crippen LogP contribution in [0.25, 0.3) is 0 Å². The van der Waals surface area contributed by atoms with Gasteiger partial charge in [0.15, 0.2) is 0 Å². The first-order chi connectivity index (χ1) is 6.54. The molecule has 0 N–H and O–H groups in total. The van der Waals surface area contributed by atoms with Crippen LogP contribution in [0.2, 0.25) is 0 Å². The molecule has 0 aliphatic rings. The molecule has 0 aromatic heterocycles. The average molecular weight is 236 g/mol. The minimum atomic E-state index is 0. The fourth-order valence-electron chi connectivity index (χ4n) is 0.978. The first kappa shape index (κ1) is 20.1. The number of rotatable bonds is 6. The molecule has 0 saturated heterocycles. The Labute approximate surface area is 102 Å². The lowest BCUT2D eigenvalue weighted by atomic mass is 10.4. The number of halogens is 1. The molecule has 0 radical (unpaired) electrons. The van der Waals surface area contributed by atoms with Crippen LogP contribution in [0.4, 0.5) is 0 Å². The van der Waals surface area contributed by atoms with Crippen LogP contribution >= 0.6 is 0 Å². The summed E-state index contributed by atoms with van der Waals surface area (Å²) in [5.41, 5.74) is 0. The van der Waals surface area contributed by atoms with Gasteiger partial charge in [0, 0.05) is 13.2 Å². The Morgan fingerprint density at radius 1 is 1.00 bits per heavy atom. The summed E-state index contributed by atoms with van der Waals surface area (Å²) in [5, 5.41) is 0. The summed E-state index contributed by atoms with van der Waals surface area (Å²) in [7, 11) is 4.31. The third-order valence-corrected chi connectivity index (χ3v) is 1.65. The molecule has 0 unspecified atom stereocenters. The van der Waals surface area contributed by atoms with Crippen molar-refractivity contribution in [3.05, 3.63) is 25.3 Å². The summed E-state index contributed by atoms with van der Waals surface area (Å²) >= 11 is 0. The fourth-order valence-corrected chi connectivity index (χ4v) is 0.978. The minimum absolute atomic E-state index is 0. The van der Waals surface area contributed by atoms with Crippen LogP contribution in [-0.2, 0) is 4.74 Å². The smallest absolute Gasteiger partial charge is 0.0969 e. The quantitative estimate of drug-likeness (QED) is 0.445. The van der Waals surface area contributed by atoms with Crippen molar-refractivity contribution in [2.45, 2.75) is 13.8 Å². The van der Waals surface area contributed by atoms with Crippen molar-refractivity contribution in [3.63, 3.8) is 0 Å². The lowest BCUT2D eigenvalue weighted by Crippen LogP contribution is -3.00. The highest BCUT2D eigenvalue weighted by atomic mass is 35.5. The fraction of sp³-hybridized carbons (Fsp3) is 0.667. The molecule has 3 heteroatoms. The molecular formula is C12H26ClNO. The van der Waals surface area contributed by atoms with E-state index in [1.54, 1.807) is 0 Å². The van der Waals surface area contributed by atoms with Crippen LogP contribution in [0.15, 0.2) is 25.3 Å². The summed E-state index contributed by atoms with van der Waals surface area (Å²) in [6, 6.07) is 0. The zero-order chi connectivity index (χ0) is 11.4. The molecule has 0 rings (SSSR count). The highest BCUT2D eigenvalue weighted by Crippen LogP contribution is 1.95. The van der Waals surface area contributed by atoms with Gasteiger partial charge in [0.1, 0.15) is 0 Å². The predicted octanol–water partition coefficient (Wildman–Crippen LogP) is -0.518. The van der Waals surface area contributed by atoms with Crippen molar-refractivity contribution < 1.29 is 21.6 Å². The van der Waals surface area contributed by atoms with Crippen LogP contribution in [-0.4, -0.2) is 44.9 Å². The molecular weight excluding hydrogens is 210 g/mol. The Bertz CT molecular complexity index is 133. The normalized spacial score (nSPS) is 9.33. The highest BCUT2D eigenvalue weighted by Gasteiger charge is 2.07. The van der Waals surface area contributed by atoms with E-state index in [0.717, 1.165) is 30.8 Å². The summed E-state index contributed by atoms with van der Waals surface area (Å²) < 4.78 is 5.78. The van der Waals surface area contributed by atoms with Gasteiger partial charge >= 0.3 is 0 Å². The number of quaternary nitrogens is 1. The van der Waals surface area contributed by atoms with E-state index in [4.69, 9.17) is 4.74 Å². The first-order valence-electron chi connectivity index (χ1n) is 5.15. The van der Waals surface area contributed by atoms with Gasteiger partial charge in [-0.1, -0.05) is 13.2 Å². The van der Waals surface area contributed by atoms with Gasteiger partial charge in [-0.25, -0.2) is 0 Å². The molecule has 92 valence electrons. The number of likely N-dealkylation sites (N-methyl/N-ethyl adjacent to an activating group) is 1. The molecule has 0 aromatic rings. The van der Waals surface area contributed by atoms with Crippen LogP contribution < -0.4 is 12.4 Å². The van der Waals surface area contributed by atoms with Gasteiger partial charge in [0.05, 0.1) is 27.2 Å². The molecule has 0 heterocycles. The molecule has 0 aliphatic heterocycles. The third-order valence-electron chi connectivity index (χ3n) is 1.65. The molecule has 15 heavy (non-hydrogen) atoms. The standard InChI is InChI=1S/C8H16N.C4H10O.ClH/c1-5-7-9(3,4)8-6-2;1-3-5-4-2;/h5-6H,1-2,7-8H2,3-4H3;3-4H2,1-2H3;1H/q+1;;/p-1. The van der Waals surface area contributed by atoms with Crippen LogP contribution in [0.1, 0.15) is 13.8 Å². The molecule has 0 aromatic carbocycles. The monoisotopic (exact) mass is 235 g/mol. The second kappa shape index (κ2) is 13.7. The Morgan fingerprint density at radius 3 is 1.47 bits per heavy atom. The first-order valence-corrected chi connectivity index (χ1v) is 5.15. The van der Waals surface area contributed by atoms with E-state index in [-0.39, 0.29) is 12.4 Å². The summed E-state index contributed by atoms with van der Waals surface area (Å²) in [4.78, 5) is 0. The van der Waals surface area contributed by atoms with Crippen LogP contribution in [0.5, 0.6) is 0 Å². The lowest BCUT2D eigenvalue weighted by molar-refractivity contribution is -0.878. The summed E-state index contributed by atoms with van der Waals surface area (Å²) in [5.74, 6) is 0. The van der Waals surface area contributed by atoms with Gasteiger partial charge in [-0.05, 0) is 26.0 Å². The van der Waals surface area contributed by atoms with E-state index in [2.05, 4.69) is 27.3 Å². The molecule has 0 aliphatic carbocycles. The molecule has 0 spiro atoms. The Morgan fingerprint density at radius 2 is 1.33 bits per heavy atom. The second-order valence-corrected chi connectivity index (χ2v) is 3.66. The van der Waals surface area contributed by atoms with Crippen molar-refractivity contribution in [1.29, 1.82) is 0 Å². The molecule has 0 atom stereocenters. The SMILES string of the molecule is C=CC[N+](C)(C)CC=C.CCOCC.[Cl-]. The Hall–Kier alpha value is -0.310. The minimum Gasteiger partial charge on any atom is -1.00 e. The number of nitrogens with zero attached hydrogens (tertiary/aromatic N) is 1. The van der Waals surface area contributed by atoms with Crippen molar-refractivity contribution in [2.75, 3.05) is 40.4 Å². The maximum Gasteiger partial charge on any atom is 0.0969 e. The zero-order valence-electron chi connectivity index (χ0n) is 10.6. The van der Waals surface area contributed by atoms with E-state index in [0.29, 0.717) is 0 Å². The predicted molar refractivity (Wildman–Crippen MR) is 64.4 cm³/mol. The highest BCUT2D eigenvalue weighted by molar-refractivity contribution is 4.69. The topological polar surface area (TPSA) is 9.23 Å². The molecule has 0 saturated carbocycles. The largest absolute Gasteiger partial charge is 1.00 e. The third kappa shape index (κ3) is 19.9. The van der Waals surface area contributed by atoms with Gasteiger partial charge in [-0.15, -0.1) is 0 Å². The van der Waals surface area contributed by atoms with Gasteiger partial charge < -0.3 is 21.6 Å². The van der Waals surface area contributed by atoms with E-state index in [1.165, 1.54) is 0 Å². The number of hydrogen-bond acceptors (Lipinski definition) is 1. The lowest BCUT2D eigenvalue weighted by Gasteiger charge is -2.26. The van der Waals surface area contributed by atoms with Gasteiger partial charge in [0.25, 0.3) is 0 Å².